The number of ether oxygens (including phenoxy) is 1. The molecular formula is C23H31NO3P+. The summed E-state index contributed by atoms with van der Waals surface area (Å²) < 4.78 is 20.2. The van der Waals surface area contributed by atoms with Crippen molar-refractivity contribution in [3.8, 4) is 0 Å². The van der Waals surface area contributed by atoms with E-state index in [1.807, 2.05) is 24.3 Å². The monoisotopic (exact) mass is 400 g/mol. The third-order valence-corrected chi connectivity index (χ3v) is 6.10. The van der Waals surface area contributed by atoms with Gasteiger partial charge in [0.2, 0.25) is 0 Å². The Bertz CT molecular complexity index is 711. The lowest BCUT2D eigenvalue weighted by Gasteiger charge is -2.31. The van der Waals surface area contributed by atoms with Crippen molar-refractivity contribution in [3.63, 3.8) is 0 Å². The van der Waals surface area contributed by atoms with Crippen molar-refractivity contribution in [1.29, 1.82) is 0 Å². The quantitative estimate of drug-likeness (QED) is 0.325. The maximum Gasteiger partial charge on any atom is 0.336 e. The average molecular weight is 400 g/mol. The molecule has 3 rings (SSSR count). The molecule has 1 aliphatic rings. The molecule has 2 aromatic carbocycles. The van der Waals surface area contributed by atoms with Gasteiger partial charge in [0.05, 0.1) is 26.3 Å². The van der Waals surface area contributed by atoms with Gasteiger partial charge in [0.25, 0.3) is 0 Å². The summed E-state index contributed by atoms with van der Waals surface area (Å²) in [5.41, 5.74) is 2.55. The van der Waals surface area contributed by atoms with Gasteiger partial charge in [-0.25, -0.2) is 0 Å². The molecule has 1 saturated heterocycles. The van der Waals surface area contributed by atoms with Gasteiger partial charge < -0.3 is 4.74 Å². The van der Waals surface area contributed by atoms with Gasteiger partial charge in [-0.1, -0.05) is 86.7 Å². The van der Waals surface area contributed by atoms with Gasteiger partial charge in [-0.3, -0.25) is 0 Å². The number of nitrogens with zero attached hydrogens (tertiary/aromatic N) is 1. The van der Waals surface area contributed by atoms with Crippen LogP contribution >= 0.6 is 8.53 Å². The minimum Gasteiger partial charge on any atom is -0.373 e. The summed E-state index contributed by atoms with van der Waals surface area (Å²) >= 11 is 0. The number of benzene rings is 2. The topological polar surface area (TPSA) is 30.9 Å². The Hall–Kier alpha value is -1.55. The van der Waals surface area contributed by atoms with Crippen LogP contribution < -0.4 is 0 Å². The highest BCUT2D eigenvalue weighted by molar-refractivity contribution is 7.44. The maximum atomic E-state index is 6.10. The van der Waals surface area contributed by atoms with E-state index in [4.69, 9.17) is 13.8 Å². The fourth-order valence-corrected chi connectivity index (χ4v) is 4.92. The summed E-state index contributed by atoms with van der Waals surface area (Å²) in [6, 6.07) is 20.7. The second-order valence-electron chi connectivity index (χ2n) is 7.85. The summed E-state index contributed by atoms with van der Waals surface area (Å²) in [5, 5.41) is 0. The van der Waals surface area contributed by atoms with Crippen molar-refractivity contribution in [2.24, 2.45) is 5.41 Å². The van der Waals surface area contributed by atoms with E-state index in [1.54, 1.807) is 0 Å². The van der Waals surface area contributed by atoms with Crippen LogP contribution in [-0.4, -0.2) is 31.0 Å². The first-order valence-corrected chi connectivity index (χ1v) is 11.1. The van der Waals surface area contributed by atoms with Crippen molar-refractivity contribution >= 4 is 8.53 Å². The van der Waals surface area contributed by atoms with E-state index in [9.17, 15) is 0 Å². The van der Waals surface area contributed by atoms with Crippen LogP contribution in [0.25, 0.3) is 0 Å². The average Bonchev–Trinajstić information content (AvgIpc) is 2.71. The molecule has 0 aliphatic carbocycles. The van der Waals surface area contributed by atoms with Crippen LogP contribution in [0.2, 0.25) is 0 Å². The molecule has 0 N–H and O–H groups in total. The summed E-state index contributed by atoms with van der Waals surface area (Å²) in [5.74, 6) is 0. The number of hydrogen-bond acceptors (Lipinski definition) is 4. The summed E-state index contributed by atoms with van der Waals surface area (Å²) in [6.45, 7) is 8.70. The zero-order chi connectivity index (χ0) is 19.7. The highest BCUT2D eigenvalue weighted by Crippen LogP contribution is 2.49. The fraction of sp³-hybridized carbons (Fsp3) is 0.391. The highest BCUT2D eigenvalue weighted by Gasteiger charge is 2.38. The largest absolute Gasteiger partial charge is 0.373 e. The van der Waals surface area contributed by atoms with E-state index in [-0.39, 0.29) is 5.41 Å². The first kappa shape index (κ1) is 21.2. The second kappa shape index (κ2) is 10.8. The van der Waals surface area contributed by atoms with Crippen LogP contribution in [0.4, 0.5) is 0 Å². The predicted octanol–water partition coefficient (Wildman–Crippen LogP) is 5.29. The Morgan fingerprint density at radius 3 is 2.18 bits per heavy atom. The molecule has 0 radical (unpaired) electrons. The Balaban J connectivity index is 1.50. The summed E-state index contributed by atoms with van der Waals surface area (Å²) in [4.78, 5) is 0. The van der Waals surface area contributed by atoms with E-state index in [0.29, 0.717) is 13.2 Å². The van der Waals surface area contributed by atoms with Gasteiger partial charge in [0.15, 0.2) is 0 Å². The molecule has 0 bridgehead atoms. The van der Waals surface area contributed by atoms with Crippen molar-refractivity contribution < 1.29 is 13.8 Å². The Morgan fingerprint density at radius 2 is 1.54 bits per heavy atom. The Kier molecular flexibility index (Phi) is 8.20. The molecule has 4 nitrogen and oxygen atoms in total. The Labute approximate surface area is 170 Å². The normalized spacial score (nSPS) is 17.4. The third kappa shape index (κ3) is 7.12. The molecule has 150 valence electrons. The van der Waals surface area contributed by atoms with Crippen molar-refractivity contribution in [3.05, 3.63) is 83.9 Å². The van der Waals surface area contributed by atoms with Crippen LogP contribution in [0.3, 0.4) is 0 Å². The van der Waals surface area contributed by atoms with Gasteiger partial charge >= 0.3 is 8.53 Å². The van der Waals surface area contributed by atoms with Gasteiger partial charge in [-0.05, 0) is 11.1 Å². The molecular weight excluding hydrogens is 369 g/mol. The van der Waals surface area contributed by atoms with Crippen molar-refractivity contribution in [2.75, 3.05) is 26.4 Å². The van der Waals surface area contributed by atoms with Gasteiger partial charge in [0, 0.05) is 5.41 Å². The molecule has 1 aliphatic heterocycles. The maximum absolute atomic E-state index is 6.10. The molecule has 5 heteroatoms. The van der Waals surface area contributed by atoms with Crippen LogP contribution in [0.1, 0.15) is 25.0 Å². The van der Waals surface area contributed by atoms with Gasteiger partial charge in [0.1, 0.15) is 13.2 Å². The molecule has 0 unspecified atom stereocenters. The zero-order valence-electron chi connectivity index (χ0n) is 16.8. The highest BCUT2D eigenvalue weighted by atomic mass is 31.2. The second-order valence-corrected chi connectivity index (χ2v) is 9.59. The molecule has 1 fully saturated rings. The lowest BCUT2D eigenvalue weighted by atomic mass is 9.97. The van der Waals surface area contributed by atoms with E-state index in [2.05, 4.69) is 67.1 Å². The number of hydrogen-bond donors (Lipinski definition) is 0. The molecule has 1 heterocycles. The van der Waals surface area contributed by atoms with E-state index in [1.165, 1.54) is 11.1 Å². The van der Waals surface area contributed by atoms with Crippen molar-refractivity contribution in [2.45, 2.75) is 27.0 Å². The van der Waals surface area contributed by atoms with E-state index >= 15 is 0 Å². The predicted molar refractivity (Wildman–Crippen MR) is 116 cm³/mol. The molecule has 0 amide bonds. The SMILES string of the molecule is CC1(C)CO[PH+](N(C/C=C/COCc2ccccc2)Cc2ccccc2)OC1. The lowest BCUT2D eigenvalue weighted by molar-refractivity contribution is 0.0450. The smallest absolute Gasteiger partial charge is 0.336 e. The minimum atomic E-state index is -1.45. The van der Waals surface area contributed by atoms with Crippen LogP contribution in [-0.2, 0) is 26.9 Å². The summed E-state index contributed by atoms with van der Waals surface area (Å²) in [7, 11) is -1.45. The van der Waals surface area contributed by atoms with Gasteiger partial charge in [-0.2, -0.15) is 9.05 Å². The molecule has 0 aromatic heterocycles. The van der Waals surface area contributed by atoms with E-state index in [0.717, 1.165) is 26.3 Å². The first-order valence-electron chi connectivity index (χ1n) is 9.80. The van der Waals surface area contributed by atoms with Gasteiger partial charge in [-0.15, -0.1) is 4.67 Å². The molecule has 0 atom stereocenters. The fourth-order valence-electron chi connectivity index (χ4n) is 2.88. The van der Waals surface area contributed by atoms with Crippen LogP contribution in [0.5, 0.6) is 0 Å². The Morgan fingerprint density at radius 1 is 0.929 bits per heavy atom. The molecule has 2 aromatic rings. The number of rotatable bonds is 9. The minimum absolute atomic E-state index is 0.0910. The third-order valence-electron chi connectivity index (χ3n) is 4.47. The summed E-state index contributed by atoms with van der Waals surface area (Å²) in [6.07, 6.45) is 4.23. The van der Waals surface area contributed by atoms with E-state index < -0.39 is 8.53 Å². The van der Waals surface area contributed by atoms with Crippen LogP contribution in [0.15, 0.2) is 72.8 Å². The zero-order valence-corrected chi connectivity index (χ0v) is 17.8. The van der Waals surface area contributed by atoms with Crippen molar-refractivity contribution in [1.82, 2.24) is 4.67 Å². The molecule has 0 saturated carbocycles. The molecule has 0 spiro atoms. The molecule has 28 heavy (non-hydrogen) atoms. The lowest BCUT2D eigenvalue weighted by Crippen LogP contribution is -2.32. The first-order chi connectivity index (χ1) is 13.6. The standard InChI is InChI=1S/C23H30NO3P/c1-23(2)19-26-28(27-20-23)24(17-21-11-5-3-6-12-21)15-9-10-16-25-18-22-13-7-4-8-14-22/h3-14H,15-20H2,1-2H3/p+1/b10-9+. The van der Waals surface area contributed by atoms with Crippen LogP contribution in [0, 0.1) is 5.41 Å².